The van der Waals surface area contributed by atoms with E-state index in [1.807, 2.05) is 4.90 Å². The van der Waals surface area contributed by atoms with E-state index in [-0.39, 0.29) is 24.4 Å². The van der Waals surface area contributed by atoms with Crippen molar-refractivity contribution in [2.24, 2.45) is 0 Å². The lowest BCUT2D eigenvalue weighted by Crippen LogP contribution is -2.45. The van der Waals surface area contributed by atoms with Crippen molar-refractivity contribution in [3.8, 4) is 0 Å². The average Bonchev–Trinajstić information content (AvgIpc) is 3.20. The van der Waals surface area contributed by atoms with Gasteiger partial charge in [-0.25, -0.2) is 4.98 Å². The zero-order valence-corrected chi connectivity index (χ0v) is 14.4. The Kier molecular flexibility index (Phi) is 5.44. The smallest absolute Gasteiger partial charge is 0.240 e. The fourth-order valence-corrected chi connectivity index (χ4v) is 3.65. The topological polar surface area (TPSA) is 87.8 Å². The number of β-amino-alcohol motifs (C(OH)–C–C–N with tert-alkyl or cyclic N) is 1. The van der Waals surface area contributed by atoms with Gasteiger partial charge in [0.1, 0.15) is 11.5 Å². The molecule has 0 aliphatic carbocycles. The van der Waals surface area contributed by atoms with E-state index >= 15 is 0 Å². The molecule has 2 fully saturated rings. The summed E-state index contributed by atoms with van der Waals surface area (Å²) in [6, 6.07) is -0.270. The van der Waals surface area contributed by atoms with E-state index in [0.717, 1.165) is 43.4 Å². The second kappa shape index (κ2) is 7.39. The van der Waals surface area contributed by atoms with E-state index in [4.69, 9.17) is 9.15 Å². The molecule has 2 saturated heterocycles. The summed E-state index contributed by atoms with van der Waals surface area (Å²) < 4.78 is 11.3. The summed E-state index contributed by atoms with van der Waals surface area (Å²) in [5, 5.41) is 12.7. The first-order valence-electron chi connectivity index (χ1n) is 8.47. The number of oxazole rings is 1. The number of carbonyl (C=O) groups excluding carboxylic acids is 1. The van der Waals surface area contributed by atoms with Gasteiger partial charge in [0.15, 0.2) is 5.89 Å². The van der Waals surface area contributed by atoms with Crippen LogP contribution in [0.1, 0.15) is 42.5 Å². The van der Waals surface area contributed by atoms with E-state index in [9.17, 15) is 9.90 Å². The number of nitrogens with one attached hydrogen (secondary N) is 1. The maximum absolute atomic E-state index is 12.5. The van der Waals surface area contributed by atoms with Crippen LogP contribution in [0.15, 0.2) is 4.42 Å². The van der Waals surface area contributed by atoms with Crippen LogP contribution >= 0.6 is 12.4 Å². The highest BCUT2D eigenvalue weighted by Crippen LogP contribution is 2.30. The van der Waals surface area contributed by atoms with Crippen molar-refractivity contribution in [1.82, 2.24) is 15.2 Å². The van der Waals surface area contributed by atoms with Gasteiger partial charge in [0.05, 0.1) is 18.7 Å². The van der Waals surface area contributed by atoms with Crippen LogP contribution < -0.4 is 5.32 Å². The first-order valence-corrected chi connectivity index (χ1v) is 8.47. The molecule has 4 heterocycles. The predicted octanol–water partition coefficient (Wildman–Crippen LogP) is 0.598. The molecule has 0 bridgehead atoms. The van der Waals surface area contributed by atoms with Crippen molar-refractivity contribution in [3.63, 3.8) is 0 Å². The number of fused-ring (bicyclic) bond motifs is 1. The van der Waals surface area contributed by atoms with E-state index in [0.29, 0.717) is 38.4 Å². The van der Waals surface area contributed by atoms with Crippen molar-refractivity contribution in [2.75, 3.05) is 26.3 Å². The first-order chi connectivity index (χ1) is 11.2. The SMILES string of the molecule is Cl.O=C([C@H]1C[C@@H](O)CN1)N1CCc2oc(C3CCOCC3)nc2C1. The van der Waals surface area contributed by atoms with Crippen LogP contribution in [0.3, 0.4) is 0 Å². The van der Waals surface area contributed by atoms with Crippen LogP contribution in [-0.4, -0.2) is 59.3 Å². The Labute approximate surface area is 147 Å². The van der Waals surface area contributed by atoms with Gasteiger partial charge in [-0.3, -0.25) is 4.79 Å². The van der Waals surface area contributed by atoms with Crippen molar-refractivity contribution >= 4 is 18.3 Å². The van der Waals surface area contributed by atoms with E-state index in [2.05, 4.69) is 10.3 Å². The largest absolute Gasteiger partial charge is 0.445 e. The average molecular weight is 358 g/mol. The summed E-state index contributed by atoms with van der Waals surface area (Å²) in [5.41, 5.74) is 0.893. The Hall–Kier alpha value is -1.15. The minimum absolute atomic E-state index is 0. The van der Waals surface area contributed by atoms with Gasteiger partial charge in [0, 0.05) is 38.6 Å². The fourth-order valence-electron chi connectivity index (χ4n) is 3.65. The molecule has 7 nitrogen and oxygen atoms in total. The molecule has 8 heteroatoms. The number of halogens is 1. The summed E-state index contributed by atoms with van der Waals surface area (Å²) in [6.07, 6.45) is 2.69. The van der Waals surface area contributed by atoms with E-state index in [1.165, 1.54) is 0 Å². The van der Waals surface area contributed by atoms with Crippen LogP contribution in [0.5, 0.6) is 0 Å². The molecule has 2 atom stereocenters. The molecule has 24 heavy (non-hydrogen) atoms. The minimum atomic E-state index is -0.420. The molecule has 0 spiro atoms. The van der Waals surface area contributed by atoms with Crippen molar-refractivity contribution in [1.29, 1.82) is 0 Å². The Morgan fingerprint density at radius 2 is 2.12 bits per heavy atom. The molecule has 0 unspecified atom stereocenters. The fraction of sp³-hybridized carbons (Fsp3) is 0.750. The maximum Gasteiger partial charge on any atom is 0.240 e. The molecule has 1 aromatic rings. The highest BCUT2D eigenvalue weighted by molar-refractivity contribution is 5.85. The lowest BCUT2D eigenvalue weighted by molar-refractivity contribution is -0.134. The standard InChI is InChI=1S/C16H23N3O4.ClH/c20-11-7-12(17-8-11)16(21)19-4-1-14-13(9-19)18-15(23-14)10-2-5-22-6-3-10;/h10-12,17,20H,1-9H2;1H/t11-,12-;/m1./s1. The Morgan fingerprint density at radius 1 is 1.33 bits per heavy atom. The third-order valence-electron chi connectivity index (χ3n) is 5.03. The van der Waals surface area contributed by atoms with Crippen molar-refractivity contribution < 1.29 is 19.1 Å². The molecule has 3 aliphatic rings. The highest BCUT2D eigenvalue weighted by Gasteiger charge is 2.34. The number of hydrogen-bond donors (Lipinski definition) is 2. The lowest BCUT2D eigenvalue weighted by atomic mass is 10.0. The summed E-state index contributed by atoms with van der Waals surface area (Å²) in [7, 11) is 0. The number of aromatic nitrogens is 1. The number of aliphatic hydroxyl groups excluding tert-OH is 1. The van der Waals surface area contributed by atoms with Gasteiger partial charge >= 0.3 is 0 Å². The molecule has 0 radical (unpaired) electrons. The minimum Gasteiger partial charge on any atom is -0.445 e. The molecule has 3 aliphatic heterocycles. The normalized spacial score (nSPS) is 27.6. The summed E-state index contributed by atoms with van der Waals surface area (Å²) in [4.78, 5) is 19.0. The Morgan fingerprint density at radius 3 is 2.83 bits per heavy atom. The van der Waals surface area contributed by atoms with Crippen LogP contribution in [-0.2, 0) is 22.5 Å². The van der Waals surface area contributed by atoms with Gasteiger partial charge in [0.25, 0.3) is 0 Å². The molecule has 0 aromatic carbocycles. The zero-order chi connectivity index (χ0) is 15.8. The molecule has 1 aromatic heterocycles. The molecule has 2 N–H and O–H groups in total. The van der Waals surface area contributed by atoms with Crippen molar-refractivity contribution in [3.05, 3.63) is 17.3 Å². The Balaban J connectivity index is 0.00000169. The Bertz CT molecular complexity index is 588. The van der Waals surface area contributed by atoms with Crippen LogP contribution in [0, 0.1) is 0 Å². The highest BCUT2D eigenvalue weighted by atomic mass is 35.5. The molecular weight excluding hydrogens is 334 g/mol. The second-order valence-electron chi connectivity index (χ2n) is 6.67. The number of rotatable bonds is 2. The molecular formula is C16H24ClN3O4. The number of ether oxygens (including phenoxy) is 1. The quantitative estimate of drug-likeness (QED) is 0.805. The zero-order valence-electron chi connectivity index (χ0n) is 13.6. The molecule has 1 amide bonds. The number of amides is 1. The molecule has 134 valence electrons. The summed E-state index contributed by atoms with van der Waals surface area (Å²) >= 11 is 0. The lowest BCUT2D eigenvalue weighted by Gasteiger charge is -2.27. The number of nitrogens with zero attached hydrogens (tertiary/aromatic N) is 2. The molecule has 4 rings (SSSR count). The second-order valence-corrected chi connectivity index (χ2v) is 6.67. The monoisotopic (exact) mass is 357 g/mol. The maximum atomic E-state index is 12.5. The number of hydrogen-bond acceptors (Lipinski definition) is 6. The number of aliphatic hydroxyl groups is 1. The molecule has 0 saturated carbocycles. The third kappa shape index (κ3) is 3.44. The number of carbonyl (C=O) groups is 1. The van der Waals surface area contributed by atoms with E-state index < -0.39 is 6.10 Å². The summed E-state index contributed by atoms with van der Waals surface area (Å²) in [6.45, 7) is 3.18. The first kappa shape index (κ1) is 17.7. The van der Waals surface area contributed by atoms with Crippen molar-refractivity contribution in [2.45, 2.75) is 50.3 Å². The third-order valence-corrected chi connectivity index (χ3v) is 5.03. The van der Waals surface area contributed by atoms with Crippen LogP contribution in [0.4, 0.5) is 0 Å². The predicted molar refractivity (Wildman–Crippen MR) is 88.1 cm³/mol. The van der Waals surface area contributed by atoms with Gasteiger partial charge in [0.2, 0.25) is 5.91 Å². The van der Waals surface area contributed by atoms with Gasteiger partial charge in [-0.1, -0.05) is 0 Å². The van der Waals surface area contributed by atoms with E-state index in [1.54, 1.807) is 0 Å². The van der Waals surface area contributed by atoms with Crippen LogP contribution in [0.2, 0.25) is 0 Å². The van der Waals surface area contributed by atoms with Gasteiger partial charge in [-0.05, 0) is 19.3 Å². The summed E-state index contributed by atoms with van der Waals surface area (Å²) in [5.74, 6) is 2.13. The van der Waals surface area contributed by atoms with Gasteiger partial charge in [-0.2, -0.15) is 0 Å². The van der Waals surface area contributed by atoms with Gasteiger partial charge in [-0.15, -0.1) is 12.4 Å². The van der Waals surface area contributed by atoms with Crippen LogP contribution in [0.25, 0.3) is 0 Å². The van der Waals surface area contributed by atoms with Gasteiger partial charge < -0.3 is 24.5 Å².